The summed E-state index contributed by atoms with van der Waals surface area (Å²) in [4.78, 5) is 23.4. The maximum Gasteiger partial charge on any atom is 0.339 e. The molecular formula is C15H21ClN2O3. The topological polar surface area (TPSA) is 78.4 Å². The minimum absolute atomic E-state index is 0.0908. The van der Waals surface area contributed by atoms with Crippen molar-refractivity contribution in [2.45, 2.75) is 45.6 Å². The first-order valence-corrected chi connectivity index (χ1v) is 7.37. The summed E-state index contributed by atoms with van der Waals surface area (Å²) in [7, 11) is 0. The number of amides is 2. The maximum atomic E-state index is 12.1. The molecule has 0 aromatic heterocycles. The lowest BCUT2D eigenvalue weighted by molar-refractivity contribution is 0.0698. The fourth-order valence-electron chi connectivity index (χ4n) is 2.26. The van der Waals surface area contributed by atoms with Crippen LogP contribution in [0.15, 0.2) is 18.2 Å². The Morgan fingerprint density at radius 1 is 1.19 bits per heavy atom. The molecule has 0 atom stereocenters. The van der Waals surface area contributed by atoms with Crippen LogP contribution in [0.3, 0.4) is 0 Å². The van der Waals surface area contributed by atoms with E-state index in [1.807, 2.05) is 20.8 Å². The predicted molar refractivity (Wildman–Crippen MR) is 84.2 cm³/mol. The van der Waals surface area contributed by atoms with Crippen LogP contribution in [0.2, 0.25) is 5.02 Å². The van der Waals surface area contributed by atoms with E-state index in [9.17, 15) is 14.7 Å². The monoisotopic (exact) mass is 312 g/mol. The number of hydrogen-bond acceptors (Lipinski definition) is 2. The number of rotatable bonds is 6. The Morgan fingerprint density at radius 2 is 1.76 bits per heavy atom. The van der Waals surface area contributed by atoms with E-state index >= 15 is 0 Å². The van der Waals surface area contributed by atoms with Crippen LogP contribution in [-0.2, 0) is 0 Å². The lowest BCUT2D eigenvalue weighted by Crippen LogP contribution is -2.49. The number of benzene rings is 1. The molecule has 5 nitrogen and oxygen atoms in total. The normalized spacial score (nSPS) is 11.0. The number of urea groups is 1. The molecule has 0 aliphatic heterocycles. The molecule has 1 aromatic carbocycles. The smallest absolute Gasteiger partial charge is 0.339 e. The van der Waals surface area contributed by atoms with Crippen LogP contribution in [0.5, 0.6) is 0 Å². The highest BCUT2D eigenvalue weighted by Crippen LogP contribution is 2.25. The summed E-state index contributed by atoms with van der Waals surface area (Å²) in [6.07, 6.45) is 2.40. The van der Waals surface area contributed by atoms with Crippen molar-refractivity contribution < 1.29 is 14.7 Å². The molecule has 116 valence electrons. The summed E-state index contributed by atoms with van der Waals surface area (Å²) in [5.41, 5.74) is -0.208. The first kappa shape index (κ1) is 17.3. The minimum Gasteiger partial charge on any atom is -0.478 e. The van der Waals surface area contributed by atoms with Crippen LogP contribution < -0.4 is 10.6 Å². The molecule has 0 heterocycles. The molecule has 1 rings (SSSR count). The van der Waals surface area contributed by atoms with Gasteiger partial charge in [-0.15, -0.1) is 0 Å². The Labute approximate surface area is 129 Å². The van der Waals surface area contributed by atoms with Crippen molar-refractivity contribution in [3.63, 3.8) is 0 Å². The van der Waals surface area contributed by atoms with E-state index < -0.39 is 12.0 Å². The molecule has 0 saturated heterocycles. The second-order valence-corrected chi connectivity index (χ2v) is 5.29. The van der Waals surface area contributed by atoms with E-state index in [4.69, 9.17) is 11.6 Å². The minimum atomic E-state index is -1.18. The molecule has 3 N–H and O–H groups in total. The molecule has 0 aliphatic rings. The van der Waals surface area contributed by atoms with Gasteiger partial charge in [0.25, 0.3) is 0 Å². The van der Waals surface area contributed by atoms with Crippen molar-refractivity contribution in [3.05, 3.63) is 28.8 Å². The highest BCUT2D eigenvalue weighted by Gasteiger charge is 2.26. The van der Waals surface area contributed by atoms with Gasteiger partial charge >= 0.3 is 12.0 Å². The lowest BCUT2D eigenvalue weighted by Gasteiger charge is -2.31. The number of anilines is 1. The van der Waals surface area contributed by atoms with E-state index in [1.54, 1.807) is 6.07 Å². The summed E-state index contributed by atoms with van der Waals surface area (Å²) in [6.45, 7) is 6.03. The van der Waals surface area contributed by atoms with Gasteiger partial charge in [0.15, 0.2) is 0 Å². The Balaban J connectivity index is 2.94. The standard InChI is InChI=1S/C15H21ClN2O3/c1-4-15(5-2,6-3)18-14(21)17-11-9-7-8-10(16)12(11)13(19)20/h7-9H,4-6H2,1-3H3,(H,19,20)(H2,17,18,21). The zero-order chi connectivity index (χ0) is 16.0. The van der Waals surface area contributed by atoms with Gasteiger partial charge in [-0.2, -0.15) is 0 Å². The van der Waals surface area contributed by atoms with Crippen molar-refractivity contribution in [3.8, 4) is 0 Å². The molecule has 0 bridgehead atoms. The van der Waals surface area contributed by atoms with Gasteiger partial charge in [-0.05, 0) is 31.4 Å². The average molecular weight is 313 g/mol. The number of aromatic carboxylic acids is 1. The van der Waals surface area contributed by atoms with E-state index in [0.717, 1.165) is 19.3 Å². The van der Waals surface area contributed by atoms with Gasteiger partial charge in [0.1, 0.15) is 5.56 Å². The summed E-state index contributed by atoms with van der Waals surface area (Å²) in [5.74, 6) is -1.18. The number of halogens is 1. The number of carbonyl (C=O) groups excluding carboxylic acids is 1. The third-order valence-corrected chi connectivity index (χ3v) is 4.20. The van der Waals surface area contributed by atoms with Gasteiger partial charge in [0.05, 0.1) is 10.7 Å². The van der Waals surface area contributed by atoms with Gasteiger partial charge < -0.3 is 15.7 Å². The highest BCUT2D eigenvalue weighted by molar-refractivity contribution is 6.34. The maximum absolute atomic E-state index is 12.1. The van der Waals surface area contributed by atoms with Gasteiger partial charge in [0, 0.05) is 5.54 Å². The first-order chi connectivity index (χ1) is 9.89. The second-order valence-electron chi connectivity index (χ2n) is 4.89. The summed E-state index contributed by atoms with van der Waals surface area (Å²) < 4.78 is 0. The number of carbonyl (C=O) groups is 2. The van der Waals surface area contributed by atoms with E-state index in [1.165, 1.54) is 12.1 Å². The molecule has 6 heteroatoms. The third-order valence-electron chi connectivity index (χ3n) is 3.88. The van der Waals surface area contributed by atoms with Gasteiger partial charge in [-0.25, -0.2) is 9.59 Å². The zero-order valence-corrected chi connectivity index (χ0v) is 13.3. The largest absolute Gasteiger partial charge is 0.478 e. The highest BCUT2D eigenvalue weighted by atomic mass is 35.5. The van der Waals surface area contributed by atoms with Crippen LogP contribution >= 0.6 is 11.6 Å². The molecule has 2 amide bonds. The Morgan fingerprint density at radius 3 is 2.24 bits per heavy atom. The fraction of sp³-hybridized carbons (Fsp3) is 0.467. The molecular weight excluding hydrogens is 292 g/mol. The fourth-order valence-corrected chi connectivity index (χ4v) is 2.51. The molecule has 0 saturated carbocycles. The summed E-state index contributed by atoms with van der Waals surface area (Å²) in [6, 6.07) is 4.16. The van der Waals surface area contributed by atoms with Gasteiger partial charge in [-0.1, -0.05) is 38.4 Å². The second kappa shape index (κ2) is 7.31. The molecule has 0 radical (unpaired) electrons. The Hall–Kier alpha value is -1.75. The Kier molecular flexibility index (Phi) is 6.03. The van der Waals surface area contributed by atoms with Crippen LogP contribution in [-0.4, -0.2) is 22.6 Å². The van der Waals surface area contributed by atoms with Gasteiger partial charge in [0.2, 0.25) is 0 Å². The van der Waals surface area contributed by atoms with E-state index in [-0.39, 0.29) is 21.8 Å². The molecule has 0 spiro atoms. The van der Waals surface area contributed by atoms with Crippen LogP contribution in [0.25, 0.3) is 0 Å². The molecule has 1 aromatic rings. The molecule has 0 unspecified atom stereocenters. The molecule has 21 heavy (non-hydrogen) atoms. The summed E-state index contributed by atoms with van der Waals surface area (Å²) >= 11 is 5.87. The van der Waals surface area contributed by atoms with Crippen molar-refractivity contribution >= 4 is 29.3 Å². The quantitative estimate of drug-likeness (QED) is 0.739. The third kappa shape index (κ3) is 4.11. The number of carboxylic acid groups (broad SMARTS) is 1. The van der Waals surface area contributed by atoms with E-state index in [2.05, 4.69) is 10.6 Å². The van der Waals surface area contributed by atoms with Crippen molar-refractivity contribution in [1.29, 1.82) is 0 Å². The van der Waals surface area contributed by atoms with Crippen LogP contribution in [0.1, 0.15) is 50.4 Å². The lowest BCUT2D eigenvalue weighted by atomic mass is 9.90. The van der Waals surface area contributed by atoms with Gasteiger partial charge in [-0.3, -0.25) is 0 Å². The average Bonchev–Trinajstić information content (AvgIpc) is 2.44. The SMILES string of the molecule is CCC(CC)(CC)NC(=O)Nc1cccc(Cl)c1C(=O)O. The van der Waals surface area contributed by atoms with Crippen LogP contribution in [0, 0.1) is 0 Å². The molecule has 0 aliphatic carbocycles. The number of carboxylic acids is 1. The Bertz CT molecular complexity index is 519. The number of hydrogen-bond donors (Lipinski definition) is 3. The molecule has 0 fully saturated rings. The summed E-state index contributed by atoms with van der Waals surface area (Å²) in [5, 5.41) is 14.8. The number of nitrogens with one attached hydrogen (secondary N) is 2. The van der Waals surface area contributed by atoms with Crippen LogP contribution in [0.4, 0.5) is 10.5 Å². The van der Waals surface area contributed by atoms with Crippen molar-refractivity contribution in [2.75, 3.05) is 5.32 Å². The van der Waals surface area contributed by atoms with Crippen molar-refractivity contribution in [2.24, 2.45) is 0 Å². The van der Waals surface area contributed by atoms with Crippen molar-refractivity contribution in [1.82, 2.24) is 5.32 Å². The first-order valence-electron chi connectivity index (χ1n) is 7.00. The predicted octanol–water partition coefficient (Wildman–Crippen LogP) is 4.13. The zero-order valence-electron chi connectivity index (χ0n) is 12.5. The van der Waals surface area contributed by atoms with E-state index in [0.29, 0.717) is 0 Å².